The highest BCUT2D eigenvalue weighted by atomic mass is 32.2. The number of carbonyl (C=O) groups is 4. The molecule has 3 aromatic heterocycles. The van der Waals surface area contributed by atoms with Crippen molar-refractivity contribution in [3.63, 3.8) is 0 Å². The number of rotatable bonds is 12. The molecule has 50 heavy (non-hydrogen) atoms. The largest absolute Gasteiger partial charge is 0.543 e. The SMILES string of the molecule is CC(C)(ON=C(C(=O)N[C@@H]1C(=O)N2C(C(=O)[O-])=C(C[n+]3ccc4ccn(Cc5ccc(C(=N)N)cc5)c4c3)CS[C@H]12)c1csc(N)n1)C(=O)O. The Morgan fingerprint density at radius 2 is 1.98 bits per heavy atom. The monoisotopic (exact) mass is 717 g/mol. The maximum absolute atomic E-state index is 13.4. The molecule has 0 unspecified atom stereocenters. The van der Waals surface area contributed by atoms with Crippen molar-refractivity contribution < 1.29 is 38.8 Å². The van der Waals surface area contributed by atoms with Gasteiger partial charge >= 0.3 is 5.97 Å². The summed E-state index contributed by atoms with van der Waals surface area (Å²) in [5.74, 6) is -4.18. The lowest BCUT2D eigenvalue weighted by Crippen LogP contribution is -2.71. The molecule has 6 rings (SSSR count). The molecule has 2 aliphatic heterocycles. The van der Waals surface area contributed by atoms with Crippen LogP contribution in [-0.2, 0) is 37.1 Å². The van der Waals surface area contributed by atoms with Gasteiger partial charge in [-0.1, -0.05) is 29.4 Å². The van der Waals surface area contributed by atoms with Crippen LogP contribution in [0.4, 0.5) is 5.13 Å². The van der Waals surface area contributed by atoms with E-state index in [0.717, 1.165) is 32.7 Å². The number of benzene rings is 1. The first kappa shape index (κ1) is 34.1. The molecule has 2 amide bonds. The van der Waals surface area contributed by atoms with Gasteiger partial charge < -0.3 is 41.2 Å². The van der Waals surface area contributed by atoms with Crippen LogP contribution in [0.3, 0.4) is 0 Å². The Morgan fingerprint density at radius 1 is 1.24 bits per heavy atom. The quantitative estimate of drug-likeness (QED) is 0.0429. The first-order valence-electron chi connectivity index (χ1n) is 15.0. The van der Waals surface area contributed by atoms with E-state index in [0.29, 0.717) is 17.7 Å². The fourth-order valence-corrected chi connectivity index (χ4v) is 7.30. The molecule has 0 radical (unpaired) electrons. The van der Waals surface area contributed by atoms with Crippen LogP contribution in [0.15, 0.2) is 76.8 Å². The van der Waals surface area contributed by atoms with Gasteiger partial charge in [0.05, 0.1) is 11.7 Å². The maximum atomic E-state index is 13.4. The molecule has 16 nitrogen and oxygen atoms in total. The number of anilines is 1. The molecule has 1 saturated heterocycles. The van der Waals surface area contributed by atoms with Crippen LogP contribution in [0.2, 0.25) is 0 Å². The highest BCUT2D eigenvalue weighted by Crippen LogP contribution is 2.40. The van der Waals surface area contributed by atoms with E-state index in [1.54, 1.807) is 12.1 Å². The number of nitrogens with one attached hydrogen (secondary N) is 2. The van der Waals surface area contributed by atoms with Gasteiger partial charge in [-0.15, -0.1) is 23.1 Å². The van der Waals surface area contributed by atoms with Crippen molar-refractivity contribution >= 4 is 74.4 Å². The minimum absolute atomic E-state index is 0.00728. The molecule has 4 aromatic rings. The van der Waals surface area contributed by atoms with Crippen molar-refractivity contribution in [2.24, 2.45) is 10.9 Å². The van der Waals surface area contributed by atoms with Gasteiger partial charge in [-0.05, 0) is 25.5 Å². The fourth-order valence-electron chi connectivity index (χ4n) is 5.41. The van der Waals surface area contributed by atoms with E-state index in [-0.39, 0.29) is 34.7 Å². The van der Waals surface area contributed by atoms with Crippen molar-refractivity contribution in [3.8, 4) is 0 Å². The van der Waals surface area contributed by atoms with Crippen LogP contribution in [-0.4, -0.2) is 77.6 Å². The number of nitrogen functional groups attached to an aromatic ring is 2. The zero-order valence-corrected chi connectivity index (χ0v) is 28.3. The number of fused-ring (bicyclic) bond motifs is 2. The van der Waals surface area contributed by atoms with Gasteiger partial charge in [-0.25, -0.2) is 9.78 Å². The zero-order chi connectivity index (χ0) is 35.9. The Bertz CT molecular complexity index is 2120. The van der Waals surface area contributed by atoms with E-state index in [1.165, 1.54) is 31.0 Å². The summed E-state index contributed by atoms with van der Waals surface area (Å²) >= 11 is 2.30. The Balaban J connectivity index is 1.20. The van der Waals surface area contributed by atoms with Gasteiger partial charge in [-0.2, -0.15) is 4.57 Å². The number of nitrogens with zero attached hydrogens (tertiary/aromatic N) is 5. The van der Waals surface area contributed by atoms with Crippen LogP contribution in [0.5, 0.6) is 0 Å². The lowest BCUT2D eigenvalue weighted by atomic mass is 10.0. The number of pyridine rings is 1. The zero-order valence-electron chi connectivity index (χ0n) is 26.7. The van der Waals surface area contributed by atoms with Gasteiger partial charge in [0.1, 0.15) is 28.5 Å². The third-order valence-electron chi connectivity index (χ3n) is 8.15. The Hall–Kier alpha value is -5.75. The number of aromatic nitrogens is 3. The van der Waals surface area contributed by atoms with Crippen molar-refractivity contribution in [1.82, 2.24) is 19.8 Å². The number of β-lactam (4-membered cyclic amide) rings is 1. The summed E-state index contributed by atoms with van der Waals surface area (Å²) in [6, 6.07) is 10.2. The molecule has 1 aromatic carbocycles. The lowest BCUT2D eigenvalue weighted by molar-refractivity contribution is -0.687. The smallest absolute Gasteiger partial charge is 0.350 e. The molecule has 0 bridgehead atoms. The molecular weight excluding hydrogens is 687 g/mol. The number of carbonyl (C=O) groups excluding carboxylic acids is 3. The Morgan fingerprint density at radius 3 is 2.62 bits per heavy atom. The Kier molecular flexibility index (Phi) is 9.06. The van der Waals surface area contributed by atoms with Crippen LogP contribution in [0, 0.1) is 5.41 Å². The molecule has 1 fully saturated rings. The number of amidine groups is 1. The second kappa shape index (κ2) is 13.3. The summed E-state index contributed by atoms with van der Waals surface area (Å²) in [6.45, 7) is 3.20. The first-order chi connectivity index (χ1) is 23.7. The molecule has 258 valence electrons. The van der Waals surface area contributed by atoms with E-state index in [2.05, 4.69) is 15.5 Å². The van der Waals surface area contributed by atoms with Gasteiger partial charge in [0.2, 0.25) is 5.60 Å². The van der Waals surface area contributed by atoms with Crippen molar-refractivity contribution in [1.29, 1.82) is 5.41 Å². The van der Waals surface area contributed by atoms with Crippen molar-refractivity contribution in [3.05, 3.63) is 88.5 Å². The molecule has 2 atom stereocenters. The second-order valence-corrected chi connectivity index (χ2v) is 14.0. The second-order valence-electron chi connectivity index (χ2n) is 12.0. The van der Waals surface area contributed by atoms with Gasteiger partial charge in [0.15, 0.2) is 29.8 Å². The topological polar surface area (TPSA) is 246 Å². The van der Waals surface area contributed by atoms with Crippen LogP contribution >= 0.6 is 23.1 Å². The number of hydrogen-bond acceptors (Lipinski definition) is 12. The number of carboxylic acid groups (broad SMARTS) is 2. The predicted molar refractivity (Wildman–Crippen MR) is 182 cm³/mol. The minimum Gasteiger partial charge on any atom is -0.543 e. The molecule has 7 N–H and O–H groups in total. The van der Waals surface area contributed by atoms with E-state index < -0.39 is 46.5 Å². The van der Waals surface area contributed by atoms with Crippen molar-refractivity contribution in [2.75, 3.05) is 11.5 Å². The number of carboxylic acids is 2. The highest BCUT2D eigenvalue weighted by molar-refractivity contribution is 8.00. The highest BCUT2D eigenvalue weighted by Gasteiger charge is 2.53. The van der Waals surface area contributed by atoms with Crippen molar-refractivity contribution in [2.45, 2.75) is 44.0 Å². The summed E-state index contributed by atoms with van der Waals surface area (Å²) < 4.78 is 3.88. The molecular formula is C32H31N9O7S2. The predicted octanol–water partition coefficient (Wildman–Crippen LogP) is -0.0121. The Labute approximate surface area is 292 Å². The summed E-state index contributed by atoms with van der Waals surface area (Å²) in [7, 11) is 0. The van der Waals surface area contributed by atoms with Crippen LogP contribution in [0.1, 0.15) is 30.7 Å². The first-order valence-corrected chi connectivity index (χ1v) is 17.0. The summed E-state index contributed by atoms with van der Waals surface area (Å²) in [6.07, 6.45) is 5.68. The van der Waals surface area contributed by atoms with Gasteiger partial charge in [0.25, 0.3) is 11.8 Å². The number of thioether (sulfide) groups is 1. The minimum atomic E-state index is -1.78. The number of aliphatic carboxylic acids is 2. The maximum Gasteiger partial charge on any atom is 0.350 e. The number of thiazole rings is 1. The number of hydrogen-bond donors (Lipinski definition) is 5. The average Bonchev–Trinajstić information content (AvgIpc) is 3.68. The number of oxime groups is 1. The summed E-state index contributed by atoms with van der Waals surface area (Å²) in [5, 5.41) is 37.5. The standard InChI is InChI=1S/C32H31N9O7S2/c1-32(2,30(46)47)48-38-22(20-15-50-31(35)36-20)26(42)37-23-27(43)41-24(29(44)45)19(14-49-28(23)41)12-39-9-7-17-8-10-40(21(17)13-39)11-16-3-5-18(6-4-16)25(33)34/h3-10,13,15,23,28H,11-12,14H2,1-2H3,(H7-,33,34,35,36,37,42,44,45,46,47)/t23-,28-/m1/s1. The number of amides is 2. The van der Waals surface area contributed by atoms with Gasteiger partial charge in [-0.3, -0.25) is 19.9 Å². The van der Waals surface area contributed by atoms with E-state index in [1.807, 2.05) is 52.0 Å². The van der Waals surface area contributed by atoms with Crippen LogP contribution < -0.4 is 26.5 Å². The average molecular weight is 718 g/mol. The van der Waals surface area contributed by atoms with E-state index >= 15 is 0 Å². The third-order valence-corrected chi connectivity index (χ3v) is 10.2. The molecule has 18 heteroatoms. The molecule has 0 saturated carbocycles. The molecule has 5 heterocycles. The lowest BCUT2D eigenvalue weighted by Gasteiger charge is -2.50. The van der Waals surface area contributed by atoms with E-state index in [4.69, 9.17) is 21.7 Å². The van der Waals surface area contributed by atoms with Crippen LogP contribution in [0.25, 0.3) is 10.9 Å². The summed E-state index contributed by atoms with van der Waals surface area (Å²) in [4.78, 5) is 61.0. The number of nitrogens with two attached hydrogens (primary N) is 2. The molecule has 0 aliphatic carbocycles. The fraction of sp³-hybridized carbons (Fsp3) is 0.250. The normalized spacial score (nSPS) is 17.7. The third kappa shape index (κ3) is 6.61. The molecule has 0 spiro atoms. The van der Waals surface area contributed by atoms with Gasteiger partial charge in [0, 0.05) is 46.5 Å². The van der Waals surface area contributed by atoms with E-state index in [9.17, 15) is 29.4 Å². The summed E-state index contributed by atoms with van der Waals surface area (Å²) in [5.41, 5.74) is 11.9. The molecule has 2 aliphatic rings.